The van der Waals surface area contributed by atoms with Crippen LogP contribution in [0.15, 0.2) is 12.2 Å². The van der Waals surface area contributed by atoms with E-state index >= 15 is 0 Å². The van der Waals surface area contributed by atoms with Gasteiger partial charge in [-0.05, 0) is 5.92 Å². The summed E-state index contributed by atoms with van der Waals surface area (Å²) < 4.78 is 29.5. The second-order valence-electron chi connectivity index (χ2n) is 3.20. The molecule has 6 heteroatoms. The van der Waals surface area contributed by atoms with Crippen LogP contribution in [0.2, 0.25) is 0 Å². The molecule has 2 atom stereocenters. The van der Waals surface area contributed by atoms with Crippen molar-refractivity contribution < 1.29 is 17.8 Å². The lowest BCUT2D eigenvalue weighted by Gasteiger charge is -2.33. The van der Waals surface area contributed by atoms with Crippen LogP contribution in [0.1, 0.15) is 6.92 Å². The van der Waals surface area contributed by atoms with E-state index in [-0.39, 0.29) is 23.6 Å². The molecular weight excluding hydrogens is 194 g/mol. The van der Waals surface area contributed by atoms with Gasteiger partial charge in [0.05, 0.1) is 11.8 Å². The third-order valence-corrected chi connectivity index (χ3v) is 2.94. The molecule has 1 heterocycles. The van der Waals surface area contributed by atoms with Crippen molar-refractivity contribution in [3.05, 3.63) is 12.2 Å². The summed E-state index contributed by atoms with van der Waals surface area (Å²) in [6, 6.07) is -0.325. The fourth-order valence-corrected chi connectivity index (χ4v) is 2.16. The van der Waals surface area contributed by atoms with E-state index in [1.54, 1.807) is 6.92 Å². The molecule has 1 aliphatic heterocycles. The topological polar surface area (TPSA) is 83.5 Å². The molecule has 0 bridgehead atoms. The number of nitrogens with one attached hydrogen (secondary N) is 1. The van der Waals surface area contributed by atoms with Gasteiger partial charge in [0, 0.05) is 5.57 Å². The fraction of sp³-hybridized carbons (Fsp3) is 0.571. The smallest absolute Gasteiger partial charge is 0.265 e. The molecular formula is C7H11NO4S. The lowest BCUT2D eigenvalue weighted by Crippen LogP contribution is -2.55. The Hall–Kier alpha value is -0.880. The molecule has 1 rings (SSSR count). The normalized spacial score (nSPS) is 24.9. The summed E-state index contributed by atoms with van der Waals surface area (Å²) >= 11 is 0. The average molecular weight is 205 g/mol. The lowest BCUT2D eigenvalue weighted by atomic mass is 9.90. The van der Waals surface area contributed by atoms with Crippen LogP contribution in [-0.2, 0) is 14.9 Å². The van der Waals surface area contributed by atoms with Gasteiger partial charge in [0.25, 0.3) is 10.1 Å². The first-order chi connectivity index (χ1) is 5.81. The van der Waals surface area contributed by atoms with Gasteiger partial charge in [-0.15, -0.1) is 0 Å². The largest absolute Gasteiger partial charge is 0.345 e. The summed E-state index contributed by atoms with van der Waals surface area (Å²) in [5, 5.41) is 2.50. The maximum atomic E-state index is 10.7. The van der Waals surface area contributed by atoms with Crippen LogP contribution in [0.4, 0.5) is 0 Å². The monoisotopic (exact) mass is 205 g/mol. The molecule has 1 fully saturated rings. The van der Waals surface area contributed by atoms with Gasteiger partial charge in [0.1, 0.15) is 0 Å². The average Bonchev–Trinajstić information content (AvgIpc) is 1.95. The Morgan fingerprint density at radius 2 is 2.23 bits per heavy atom. The maximum Gasteiger partial charge on any atom is 0.265 e. The number of hydrogen-bond acceptors (Lipinski definition) is 3. The summed E-state index contributed by atoms with van der Waals surface area (Å²) in [5.74, 6) is -0.968. The number of amides is 1. The van der Waals surface area contributed by atoms with Gasteiger partial charge in [0.15, 0.2) is 0 Å². The zero-order valence-corrected chi connectivity index (χ0v) is 7.97. The Labute approximate surface area is 76.6 Å². The van der Waals surface area contributed by atoms with E-state index in [1.807, 2.05) is 0 Å². The van der Waals surface area contributed by atoms with Crippen molar-refractivity contribution in [1.82, 2.24) is 5.32 Å². The van der Waals surface area contributed by atoms with E-state index in [9.17, 15) is 13.2 Å². The molecule has 2 unspecified atom stereocenters. The number of carbonyl (C=O) groups excluding carboxylic acids is 1. The Morgan fingerprint density at radius 3 is 2.54 bits per heavy atom. The van der Waals surface area contributed by atoms with Gasteiger partial charge in [0.2, 0.25) is 5.91 Å². The van der Waals surface area contributed by atoms with E-state index in [1.165, 1.54) is 0 Å². The molecule has 5 nitrogen and oxygen atoms in total. The summed E-state index contributed by atoms with van der Waals surface area (Å²) in [7, 11) is -3.98. The van der Waals surface area contributed by atoms with Crippen molar-refractivity contribution in [2.45, 2.75) is 13.0 Å². The van der Waals surface area contributed by atoms with Gasteiger partial charge in [-0.3, -0.25) is 9.35 Å². The van der Waals surface area contributed by atoms with Crippen molar-refractivity contribution in [3.8, 4) is 0 Å². The van der Waals surface area contributed by atoms with Gasteiger partial charge < -0.3 is 5.32 Å². The van der Waals surface area contributed by atoms with Crippen LogP contribution >= 0.6 is 0 Å². The minimum absolute atomic E-state index is 0.257. The first-order valence-corrected chi connectivity index (χ1v) is 5.37. The fourth-order valence-electron chi connectivity index (χ4n) is 1.30. The predicted octanol–water partition coefficient (Wildman–Crippen LogP) is -0.435. The summed E-state index contributed by atoms with van der Waals surface area (Å²) in [4.78, 5) is 10.7. The van der Waals surface area contributed by atoms with Gasteiger partial charge >= 0.3 is 0 Å². The first-order valence-electron chi connectivity index (χ1n) is 3.76. The van der Waals surface area contributed by atoms with Crippen LogP contribution in [-0.4, -0.2) is 30.7 Å². The minimum atomic E-state index is -3.98. The van der Waals surface area contributed by atoms with Crippen molar-refractivity contribution in [3.63, 3.8) is 0 Å². The second kappa shape index (κ2) is 3.12. The van der Waals surface area contributed by atoms with Crippen molar-refractivity contribution in [1.29, 1.82) is 0 Å². The third kappa shape index (κ3) is 2.28. The Bertz CT molecular complexity index is 346. The first kappa shape index (κ1) is 10.2. The highest BCUT2D eigenvalue weighted by molar-refractivity contribution is 7.85. The molecule has 1 aliphatic rings. The SMILES string of the molecule is C=C1C(=O)NC1C(C)CS(=O)(=O)O. The van der Waals surface area contributed by atoms with E-state index in [0.717, 1.165) is 0 Å². The van der Waals surface area contributed by atoms with Crippen LogP contribution < -0.4 is 5.32 Å². The molecule has 0 spiro atoms. The third-order valence-electron chi connectivity index (χ3n) is 2.00. The van der Waals surface area contributed by atoms with Crippen LogP contribution in [0.25, 0.3) is 0 Å². The molecule has 1 amide bonds. The minimum Gasteiger partial charge on any atom is -0.345 e. The van der Waals surface area contributed by atoms with Crippen molar-refractivity contribution in [2.75, 3.05) is 5.75 Å². The highest BCUT2D eigenvalue weighted by atomic mass is 32.2. The molecule has 0 saturated carbocycles. The van der Waals surface area contributed by atoms with Gasteiger partial charge in [-0.1, -0.05) is 13.5 Å². The zero-order chi connectivity index (χ0) is 10.2. The number of carbonyl (C=O) groups is 1. The predicted molar refractivity (Wildman–Crippen MR) is 46.7 cm³/mol. The molecule has 74 valence electrons. The Balaban J connectivity index is 2.56. The van der Waals surface area contributed by atoms with E-state index < -0.39 is 10.1 Å². The van der Waals surface area contributed by atoms with Crippen LogP contribution in [0.3, 0.4) is 0 Å². The number of hydrogen-bond donors (Lipinski definition) is 2. The highest BCUT2D eigenvalue weighted by Gasteiger charge is 2.36. The maximum absolute atomic E-state index is 10.7. The number of rotatable bonds is 3. The van der Waals surface area contributed by atoms with Crippen LogP contribution in [0.5, 0.6) is 0 Å². The zero-order valence-electron chi connectivity index (χ0n) is 7.15. The molecule has 2 N–H and O–H groups in total. The van der Waals surface area contributed by atoms with Gasteiger partial charge in [-0.2, -0.15) is 8.42 Å². The summed E-state index contributed by atoms with van der Waals surface area (Å²) in [6.45, 7) is 5.11. The summed E-state index contributed by atoms with van der Waals surface area (Å²) in [6.07, 6.45) is 0. The molecule has 0 radical (unpaired) electrons. The molecule has 1 saturated heterocycles. The Kier molecular flexibility index (Phi) is 2.44. The quantitative estimate of drug-likeness (QED) is 0.372. The van der Waals surface area contributed by atoms with Crippen molar-refractivity contribution >= 4 is 16.0 Å². The van der Waals surface area contributed by atoms with Crippen LogP contribution in [0, 0.1) is 5.92 Å². The van der Waals surface area contributed by atoms with E-state index in [2.05, 4.69) is 11.9 Å². The Morgan fingerprint density at radius 1 is 1.69 bits per heavy atom. The second-order valence-corrected chi connectivity index (χ2v) is 4.70. The van der Waals surface area contributed by atoms with Crippen molar-refractivity contribution in [2.24, 2.45) is 5.92 Å². The molecule has 0 aliphatic carbocycles. The number of β-lactam (4-membered cyclic amide) rings is 1. The molecule has 0 aromatic heterocycles. The molecule has 13 heavy (non-hydrogen) atoms. The lowest BCUT2D eigenvalue weighted by molar-refractivity contribution is -0.122. The van der Waals surface area contributed by atoms with E-state index in [4.69, 9.17) is 4.55 Å². The van der Waals surface area contributed by atoms with E-state index in [0.29, 0.717) is 5.57 Å². The summed E-state index contributed by atoms with van der Waals surface area (Å²) in [5.41, 5.74) is 0.371. The van der Waals surface area contributed by atoms with Gasteiger partial charge in [-0.25, -0.2) is 0 Å². The highest BCUT2D eigenvalue weighted by Crippen LogP contribution is 2.20. The molecule has 0 aromatic rings. The standard InChI is InChI=1S/C7H11NO4S/c1-4(3-13(10,11)12)6-5(2)7(9)8-6/h4,6H,2-3H2,1H3,(H,8,9)(H,10,11,12). The molecule has 0 aromatic carbocycles.